The maximum absolute atomic E-state index is 12.5. The van der Waals surface area contributed by atoms with Gasteiger partial charge >= 0.3 is 0 Å². The summed E-state index contributed by atoms with van der Waals surface area (Å²) in [5.74, 6) is -0.569. The van der Waals surface area contributed by atoms with Crippen molar-refractivity contribution in [1.82, 2.24) is 9.88 Å². The molecule has 0 atom stereocenters. The van der Waals surface area contributed by atoms with Gasteiger partial charge < -0.3 is 10.1 Å². The Kier molecular flexibility index (Phi) is 6.01. The number of carbonyl (C=O) groups is 3. The number of pyridine rings is 1. The standard InChI is InChI=1S/C19H16ClN3O4S/c1-11-4-3-5-12(21-11)9-16-18(25)23(19(26)28-16)10-17(24)22-13-6-7-15(27-2)14(20)8-13/h3-9H,10H2,1-2H3,(H,22,24). The van der Waals surface area contributed by atoms with Gasteiger partial charge in [0.15, 0.2) is 0 Å². The van der Waals surface area contributed by atoms with Crippen LogP contribution >= 0.6 is 23.4 Å². The Morgan fingerprint density at radius 2 is 2.11 bits per heavy atom. The minimum Gasteiger partial charge on any atom is -0.495 e. The van der Waals surface area contributed by atoms with Crippen molar-refractivity contribution in [2.45, 2.75) is 6.92 Å². The zero-order chi connectivity index (χ0) is 20.3. The third kappa shape index (κ3) is 4.52. The average molecular weight is 418 g/mol. The first-order chi connectivity index (χ1) is 13.4. The lowest BCUT2D eigenvalue weighted by atomic mass is 10.3. The predicted octanol–water partition coefficient (Wildman–Crippen LogP) is 3.73. The largest absolute Gasteiger partial charge is 0.495 e. The van der Waals surface area contributed by atoms with E-state index in [1.807, 2.05) is 19.1 Å². The third-order valence-electron chi connectivity index (χ3n) is 3.80. The number of hydrogen-bond acceptors (Lipinski definition) is 6. The molecule has 3 amide bonds. The molecule has 0 spiro atoms. The zero-order valence-corrected chi connectivity index (χ0v) is 16.6. The summed E-state index contributed by atoms with van der Waals surface area (Å²) in [6, 6.07) is 10.1. The molecule has 0 radical (unpaired) electrons. The van der Waals surface area contributed by atoms with E-state index >= 15 is 0 Å². The van der Waals surface area contributed by atoms with E-state index in [0.29, 0.717) is 22.2 Å². The van der Waals surface area contributed by atoms with Gasteiger partial charge in [0.25, 0.3) is 11.1 Å². The summed E-state index contributed by atoms with van der Waals surface area (Å²) in [7, 11) is 1.49. The van der Waals surface area contributed by atoms with Gasteiger partial charge in [0, 0.05) is 11.4 Å². The summed E-state index contributed by atoms with van der Waals surface area (Å²) in [5, 5.41) is 2.43. The molecule has 1 aromatic carbocycles. The molecule has 1 N–H and O–H groups in total. The Balaban J connectivity index is 1.68. The van der Waals surface area contributed by atoms with Gasteiger partial charge in [-0.05, 0) is 55.1 Å². The van der Waals surface area contributed by atoms with E-state index in [1.54, 1.807) is 24.3 Å². The van der Waals surface area contributed by atoms with Crippen molar-refractivity contribution < 1.29 is 19.1 Å². The fraction of sp³-hybridized carbons (Fsp3) is 0.158. The summed E-state index contributed by atoms with van der Waals surface area (Å²) in [6.45, 7) is 1.44. The zero-order valence-electron chi connectivity index (χ0n) is 15.1. The molecule has 144 valence electrons. The molecule has 0 saturated carbocycles. The summed E-state index contributed by atoms with van der Waals surface area (Å²) in [5.41, 5.74) is 1.80. The molecule has 9 heteroatoms. The molecule has 0 unspecified atom stereocenters. The highest BCUT2D eigenvalue weighted by Gasteiger charge is 2.36. The van der Waals surface area contributed by atoms with Gasteiger partial charge in [-0.1, -0.05) is 17.7 Å². The van der Waals surface area contributed by atoms with Crippen LogP contribution < -0.4 is 10.1 Å². The molecule has 28 heavy (non-hydrogen) atoms. The number of rotatable bonds is 5. The van der Waals surface area contributed by atoms with Crippen molar-refractivity contribution in [3.05, 3.63) is 57.7 Å². The summed E-state index contributed by atoms with van der Waals surface area (Å²) >= 11 is 6.80. The van der Waals surface area contributed by atoms with Gasteiger partial charge in [-0.2, -0.15) is 0 Å². The Morgan fingerprint density at radius 1 is 1.32 bits per heavy atom. The SMILES string of the molecule is COc1ccc(NC(=O)CN2C(=O)SC(=Cc3cccc(C)n3)C2=O)cc1Cl. The maximum atomic E-state index is 12.5. The fourth-order valence-electron chi connectivity index (χ4n) is 2.50. The molecular weight excluding hydrogens is 402 g/mol. The molecule has 0 bridgehead atoms. The van der Waals surface area contributed by atoms with Crippen molar-refractivity contribution in [2.75, 3.05) is 19.0 Å². The van der Waals surface area contributed by atoms with Gasteiger partial charge in [-0.15, -0.1) is 0 Å². The van der Waals surface area contributed by atoms with Crippen LogP contribution in [-0.2, 0) is 9.59 Å². The Morgan fingerprint density at radius 3 is 2.79 bits per heavy atom. The van der Waals surface area contributed by atoms with Crippen molar-refractivity contribution in [1.29, 1.82) is 0 Å². The van der Waals surface area contributed by atoms with Crippen LogP contribution in [-0.4, -0.2) is 40.6 Å². The quantitative estimate of drug-likeness (QED) is 0.746. The first kappa shape index (κ1) is 19.9. The highest BCUT2D eigenvalue weighted by atomic mass is 35.5. The molecule has 1 aliphatic rings. The highest BCUT2D eigenvalue weighted by Crippen LogP contribution is 2.32. The number of nitrogens with zero attached hydrogens (tertiary/aromatic N) is 2. The van der Waals surface area contributed by atoms with E-state index in [4.69, 9.17) is 16.3 Å². The number of methoxy groups -OCH3 is 1. The molecule has 1 aromatic heterocycles. The smallest absolute Gasteiger partial charge is 0.294 e. The monoisotopic (exact) mass is 417 g/mol. The lowest BCUT2D eigenvalue weighted by Gasteiger charge is -2.13. The molecule has 7 nitrogen and oxygen atoms in total. The van der Waals surface area contributed by atoms with Crippen LogP contribution in [0, 0.1) is 6.92 Å². The minimum atomic E-state index is -0.527. The molecule has 0 aliphatic carbocycles. The average Bonchev–Trinajstić information content (AvgIpc) is 2.89. The van der Waals surface area contributed by atoms with E-state index < -0.39 is 23.6 Å². The van der Waals surface area contributed by atoms with Crippen LogP contribution in [0.2, 0.25) is 5.02 Å². The number of thioether (sulfide) groups is 1. The Hall–Kier alpha value is -2.84. The van der Waals surface area contributed by atoms with Crippen molar-refractivity contribution in [3.63, 3.8) is 0 Å². The predicted molar refractivity (Wildman–Crippen MR) is 108 cm³/mol. The number of halogens is 1. The van der Waals surface area contributed by atoms with E-state index in [-0.39, 0.29) is 4.91 Å². The minimum absolute atomic E-state index is 0.225. The highest BCUT2D eigenvalue weighted by molar-refractivity contribution is 8.18. The van der Waals surface area contributed by atoms with Gasteiger partial charge in [-0.25, -0.2) is 0 Å². The Labute approximate surface area is 170 Å². The number of ether oxygens (including phenoxy) is 1. The molecule has 1 aliphatic heterocycles. The lowest BCUT2D eigenvalue weighted by Crippen LogP contribution is -2.36. The van der Waals surface area contributed by atoms with E-state index in [2.05, 4.69) is 10.3 Å². The Bertz CT molecular complexity index is 993. The second-order valence-electron chi connectivity index (χ2n) is 5.87. The number of hydrogen-bond donors (Lipinski definition) is 1. The number of amides is 3. The maximum Gasteiger partial charge on any atom is 0.294 e. The molecule has 3 rings (SSSR count). The van der Waals surface area contributed by atoms with Crippen LogP contribution in [0.1, 0.15) is 11.4 Å². The van der Waals surface area contributed by atoms with Crippen molar-refractivity contribution >= 4 is 52.2 Å². The number of imide groups is 1. The molecule has 1 saturated heterocycles. The number of nitrogens with one attached hydrogen (secondary N) is 1. The van der Waals surface area contributed by atoms with Crippen LogP contribution in [0.3, 0.4) is 0 Å². The van der Waals surface area contributed by atoms with Gasteiger partial charge in [0.05, 0.1) is 22.7 Å². The first-order valence-electron chi connectivity index (χ1n) is 8.20. The second-order valence-corrected chi connectivity index (χ2v) is 7.27. The van der Waals surface area contributed by atoms with Gasteiger partial charge in [0.2, 0.25) is 5.91 Å². The normalized spacial score (nSPS) is 15.2. The van der Waals surface area contributed by atoms with Gasteiger partial charge in [0.1, 0.15) is 12.3 Å². The van der Waals surface area contributed by atoms with E-state index in [1.165, 1.54) is 13.2 Å². The first-order valence-corrected chi connectivity index (χ1v) is 9.39. The summed E-state index contributed by atoms with van der Waals surface area (Å²) < 4.78 is 5.05. The van der Waals surface area contributed by atoms with Crippen LogP contribution in [0.5, 0.6) is 5.75 Å². The van der Waals surface area contributed by atoms with E-state index in [9.17, 15) is 14.4 Å². The van der Waals surface area contributed by atoms with Crippen LogP contribution in [0.25, 0.3) is 6.08 Å². The number of aryl methyl sites for hydroxylation is 1. The molecule has 1 fully saturated rings. The molecule has 2 heterocycles. The number of aromatic nitrogens is 1. The summed E-state index contributed by atoms with van der Waals surface area (Å²) in [6.07, 6.45) is 1.54. The van der Waals surface area contributed by atoms with E-state index in [0.717, 1.165) is 22.4 Å². The molecular formula is C19H16ClN3O4S. The van der Waals surface area contributed by atoms with Crippen LogP contribution in [0.4, 0.5) is 10.5 Å². The molecule has 2 aromatic rings. The number of benzene rings is 1. The number of carbonyl (C=O) groups excluding carboxylic acids is 3. The second kappa shape index (κ2) is 8.45. The lowest BCUT2D eigenvalue weighted by molar-refractivity contribution is -0.127. The van der Waals surface area contributed by atoms with Crippen molar-refractivity contribution in [2.24, 2.45) is 0 Å². The summed E-state index contributed by atoms with van der Waals surface area (Å²) in [4.78, 5) is 42.3. The van der Waals surface area contributed by atoms with Gasteiger partial charge in [-0.3, -0.25) is 24.3 Å². The third-order valence-corrected chi connectivity index (χ3v) is 5.00. The topological polar surface area (TPSA) is 88.6 Å². The number of anilines is 1. The van der Waals surface area contributed by atoms with Crippen molar-refractivity contribution in [3.8, 4) is 5.75 Å². The van der Waals surface area contributed by atoms with Crippen LogP contribution in [0.15, 0.2) is 41.3 Å². The fourth-order valence-corrected chi connectivity index (χ4v) is 3.58.